The number of sulfonamides is 1. The maximum atomic E-state index is 13.1. The molecule has 1 heterocycles. The number of carbonyl (C=O) groups excluding carboxylic acids is 1. The molecule has 0 fully saturated rings. The van der Waals surface area contributed by atoms with Crippen molar-refractivity contribution in [2.24, 2.45) is 5.10 Å². The Kier molecular flexibility index (Phi) is 7.45. The van der Waals surface area contributed by atoms with Gasteiger partial charge in [-0.2, -0.15) is 9.41 Å². The van der Waals surface area contributed by atoms with Gasteiger partial charge in [-0.1, -0.05) is 46.3 Å². The average Bonchev–Trinajstić information content (AvgIpc) is 2.76. The largest absolute Gasteiger partial charge is 0.272 e. The Morgan fingerprint density at radius 2 is 1.70 bits per heavy atom. The monoisotopic (exact) mass is 486 g/mol. The summed E-state index contributed by atoms with van der Waals surface area (Å²) in [6, 6.07) is 18.7. The Labute approximate surface area is 183 Å². The molecule has 0 unspecified atom stereocenters. The summed E-state index contributed by atoms with van der Waals surface area (Å²) in [4.78, 5) is 16.4. The highest BCUT2D eigenvalue weighted by Crippen LogP contribution is 2.19. The van der Waals surface area contributed by atoms with Gasteiger partial charge in [-0.15, -0.1) is 0 Å². The Bertz CT molecular complexity index is 1110. The molecule has 0 saturated carbocycles. The molecule has 30 heavy (non-hydrogen) atoms. The number of carbonyl (C=O) groups is 1. The summed E-state index contributed by atoms with van der Waals surface area (Å²) < 4.78 is 28.3. The van der Waals surface area contributed by atoms with Crippen molar-refractivity contribution in [2.75, 3.05) is 6.54 Å². The first kappa shape index (κ1) is 21.8. The van der Waals surface area contributed by atoms with Crippen LogP contribution in [0.1, 0.15) is 11.1 Å². The summed E-state index contributed by atoms with van der Waals surface area (Å²) in [7, 11) is -3.88. The summed E-state index contributed by atoms with van der Waals surface area (Å²) in [5, 5.41) is 3.89. The van der Waals surface area contributed by atoms with Crippen LogP contribution in [0.5, 0.6) is 0 Å². The predicted octanol–water partition coefficient (Wildman–Crippen LogP) is 3.19. The van der Waals surface area contributed by atoms with Crippen LogP contribution in [0.4, 0.5) is 0 Å². The first-order valence-corrected chi connectivity index (χ1v) is 11.2. The first-order valence-electron chi connectivity index (χ1n) is 8.97. The summed E-state index contributed by atoms with van der Waals surface area (Å²) in [5.41, 5.74) is 3.89. The number of halogens is 1. The molecular formula is C21H19BrN4O3S. The molecule has 0 aliphatic carbocycles. The van der Waals surface area contributed by atoms with E-state index in [1.165, 1.54) is 18.3 Å². The van der Waals surface area contributed by atoms with Crippen molar-refractivity contribution in [1.29, 1.82) is 0 Å². The van der Waals surface area contributed by atoms with Gasteiger partial charge < -0.3 is 0 Å². The molecule has 154 valence electrons. The quantitative estimate of drug-likeness (QED) is 0.390. The third-order valence-electron chi connectivity index (χ3n) is 4.08. The van der Waals surface area contributed by atoms with E-state index in [-0.39, 0.29) is 18.0 Å². The predicted molar refractivity (Wildman–Crippen MR) is 118 cm³/mol. The van der Waals surface area contributed by atoms with Crippen molar-refractivity contribution in [3.8, 4) is 0 Å². The first-order chi connectivity index (χ1) is 14.4. The van der Waals surface area contributed by atoms with E-state index in [2.05, 4.69) is 31.4 Å². The molecule has 9 heteroatoms. The molecule has 0 radical (unpaired) electrons. The van der Waals surface area contributed by atoms with E-state index >= 15 is 0 Å². The molecule has 1 aromatic heterocycles. The van der Waals surface area contributed by atoms with Crippen LogP contribution in [0.15, 0.2) is 93.6 Å². The molecule has 0 spiro atoms. The van der Waals surface area contributed by atoms with Crippen LogP contribution < -0.4 is 5.43 Å². The normalized spacial score (nSPS) is 11.7. The minimum atomic E-state index is -3.88. The van der Waals surface area contributed by atoms with Crippen LogP contribution in [0, 0.1) is 0 Å². The number of pyridine rings is 1. The van der Waals surface area contributed by atoms with Crippen LogP contribution in [-0.2, 0) is 21.4 Å². The number of hydrogen-bond acceptors (Lipinski definition) is 5. The third kappa shape index (κ3) is 6.06. The topological polar surface area (TPSA) is 91.7 Å². The summed E-state index contributed by atoms with van der Waals surface area (Å²) >= 11 is 3.36. The number of aromatic nitrogens is 1. The minimum Gasteiger partial charge on any atom is -0.272 e. The van der Waals surface area contributed by atoms with Gasteiger partial charge in [0.2, 0.25) is 10.0 Å². The van der Waals surface area contributed by atoms with Crippen LogP contribution in [0.2, 0.25) is 0 Å². The van der Waals surface area contributed by atoms with Gasteiger partial charge >= 0.3 is 0 Å². The maximum Gasteiger partial charge on any atom is 0.255 e. The number of rotatable bonds is 8. The molecule has 1 N–H and O–H groups in total. The number of amides is 1. The molecule has 7 nitrogen and oxygen atoms in total. The van der Waals surface area contributed by atoms with Crippen molar-refractivity contribution in [2.45, 2.75) is 11.4 Å². The fourth-order valence-corrected chi connectivity index (χ4v) is 4.25. The fourth-order valence-electron chi connectivity index (χ4n) is 2.58. The molecule has 0 saturated heterocycles. The second kappa shape index (κ2) is 10.2. The smallest absolute Gasteiger partial charge is 0.255 e. The standard InChI is InChI=1S/C21H19BrN4O3S/c22-19-8-6-18(7-9-19)15-26(30(28,29)20-4-2-1-3-5-20)16-21(27)25-24-14-17-10-12-23-13-11-17/h1-14H,15-16H2,(H,25,27)/b24-14-. The van der Waals surface area contributed by atoms with E-state index in [0.29, 0.717) is 0 Å². The van der Waals surface area contributed by atoms with E-state index in [9.17, 15) is 13.2 Å². The Hall–Kier alpha value is -2.88. The number of hydrogen-bond donors (Lipinski definition) is 1. The minimum absolute atomic E-state index is 0.0476. The zero-order chi connectivity index (χ0) is 21.4. The fraction of sp³-hybridized carbons (Fsp3) is 0.0952. The number of hydrazone groups is 1. The zero-order valence-electron chi connectivity index (χ0n) is 15.8. The number of nitrogens with one attached hydrogen (secondary N) is 1. The number of nitrogens with zero attached hydrogens (tertiary/aromatic N) is 3. The van der Waals surface area contributed by atoms with Gasteiger partial charge in [0, 0.05) is 23.4 Å². The lowest BCUT2D eigenvalue weighted by molar-refractivity contribution is -0.121. The van der Waals surface area contributed by atoms with E-state index in [1.807, 2.05) is 12.1 Å². The molecule has 0 atom stereocenters. The van der Waals surface area contributed by atoms with Gasteiger partial charge in [-0.05, 0) is 47.5 Å². The maximum absolute atomic E-state index is 13.1. The highest BCUT2D eigenvalue weighted by molar-refractivity contribution is 9.10. The van der Waals surface area contributed by atoms with Crippen LogP contribution in [-0.4, -0.2) is 36.4 Å². The van der Waals surface area contributed by atoms with Crippen molar-refractivity contribution in [3.63, 3.8) is 0 Å². The SMILES string of the molecule is O=C(CN(Cc1ccc(Br)cc1)S(=O)(=O)c1ccccc1)N/N=C\c1ccncc1. The van der Waals surface area contributed by atoms with Crippen molar-refractivity contribution < 1.29 is 13.2 Å². The highest BCUT2D eigenvalue weighted by Gasteiger charge is 2.26. The van der Waals surface area contributed by atoms with Gasteiger partial charge in [0.15, 0.2) is 0 Å². The third-order valence-corrected chi connectivity index (χ3v) is 6.42. The highest BCUT2D eigenvalue weighted by atomic mass is 79.9. The molecule has 3 aromatic rings. The van der Waals surface area contributed by atoms with E-state index in [4.69, 9.17) is 0 Å². The van der Waals surface area contributed by atoms with Crippen molar-refractivity contribution >= 4 is 38.1 Å². The molecule has 3 rings (SSSR count). The molecule has 0 bridgehead atoms. The van der Waals surface area contributed by atoms with Crippen LogP contribution >= 0.6 is 15.9 Å². The lowest BCUT2D eigenvalue weighted by Gasteiger charge is -2.21. The van der Waals surface area contributed by atoms with Crippen molar-refractivity contribution in [1.82, 2.24) is 14.7 Å². The molecule has 2 aromatic carbocycles. The van der Waals surface area contributed by atoms with Crippen LogP contribution in [0.3, 0.4) is 0 Å². The Morgan fingerprint density at radius 1 is 1.03 bits per heavy atom. The van der Waals surface area contributed by atoms with Gasteiger partial charge in [0.05, 0.1) is 17.7 Å². The Morgan fingerprint density at radius 3 is 2.37 bits per heavy atom. The number of benzene rings is 2. The summed E-state index contributed by atoms with van der Waals surface area (Å²) in [5.74, 6) is -0.545. The van der Waals surface area contributed by atoms with Gasteiger partial charge in [0.25, 0.3) is 5.91 Å². The zero-order valence-corrected chi connectivity index (χ0v) is 18.3. The van der Waals surface area contributed by atoms with Gasteiger partial charge in [0.1, 0.15) is 0 Å². The van der Waals surface area contributed by atoms with Crippen LogP contribution in [0.25, 0.3) is 0 Å². The molecule has 1 amide bonds. The lowest BCUT2D eigenvalue weighted by Crippen LogP contribution is -2.39. The summed E-state index contributed by atoms with van der Waals surface area (Å²) in [6.45, 7) is -0.326. The molecular weight excluding hydrogens is 468 g/mol. The van der Waals surface area contributed by atoms with E-state index in [1.54, 1.807) is 54.9 Å². The van der Waals surface area contributed by atoms with Gasteiger partial charge in [-0.25, -0.2) is 13.8 Å². The second-order valence-corrected chi connectivity index (χ2v) is 9.14. The van der Waals surface area contributed by atoms with E-state index < -0.39 is 15.9 Å². The van der Waals surface area contributed by atoms with E-state index in [0.717, 1.165) is 19.9 Å². The Balaban J connectivity index is 1.77. The lowest BCUT2D eigenvalue weighted by atomic mass is 10.2. The van der Waals surface area contributed by atoms with Crippen molar-refractivity contribution in [3.05, 3.63) is 94.7 Å². The van der Waals surface area contributed by atoms with Gasteiger partial charge in [-0.3, -0.25) is 9.78 Å². The summed E-state index contributed by atoms with van der Waals surface area (Å²) in [6.07, 6.45) is 4.68. The second-order valence-electron chi connectivity index (χ2n) is 6.29. The molecule has 0 aliphatic heterocycles. The average molecular weight is 487 g/mol. The molecule has 0 aliphatic rings.